The monoisotopic (exact) mass is 398 g/mol. The first-order chi connectivity index (χ1) is 14.0. The van der Waals surface area contributed by atoms with Crippen molar-refractivity contribution in [2.24, 2.45) is 0 Å². The maximum absolute atomic E-state index is 12.7. The summed E-state index contributed by atoms with van der Waals surface area (Å²) in [5.74, 6) is -1.78. The zero-order valence-corrected chi connectivity index (χ0v) is 16.5. The van der Waals surface area contributed by atoms with Crippen LogP contribution in [0.4, 0.5) is 0 Å². The molecule has 9 heteroatoms. The highest BCUT2D eigenvalue weighted by Crippen LogP contribution is 2.08. The molecule has 0 saturated carbocycles. The van der Waals surface area contributed by atoms with Crippen LogP contribution in [0.15, 0.2) is 48.9 Å². The second-order valence-corrected chi connectivity index (χ2v) is 6.81. The molecule has 1 aromatic carbocycles. The van der Waals surface area contributed by atoms with Crippen LogP contribution in [0.1, 0.15) is 48.7 Å². The fourth-order valence-electron chi connectivity index (χ4n) is 2.96. The number of nitrogens with one attached hydrogen (secondary N) is 2. The van der Waals surface area contributed by atoms with Crippen molar-refractivity contribution < 1.29 is 19.6 Å². The zero-order chi connectivity index (χ0) is 21.1. The Morgan fingerprint density at radius 1 is 1.10 bits per heavy atom. The molecule has 0 bridgehead atoms. The number of aryl methyl sites for hydroxylation is 1. The molecular formula is C20H27BN4O4. The highest BCUT2D eigenvalue weighted by atomic mass is 16.4. The first-order valence-corrected chi connectivity index (χ1v) is 9.78. The van der Waals surface area contributed by atoms with Crippen LogP contribution in [0, 0.1) is 0 Å². The van der Waals surface area contributed by atoms with E-state index in [2.05, 4.69) is 20.6 Å². The summed E-state index contributed by atoms with van der Waals surface area (Å²) in [5, 5.41) is 24.6. The van der Waals surface area contributed by atoms with Crippen molar-refractivity contribution >= 4 is 18.9 Å². The molecule has 2 aromatic rings. The molecule has 2 rings (SSSR count). The van der Waals surface area contributed by atoms with Crippen LogP contribution < -0.4 is 10.6 Å². The molecule has 0 aliphatic rings. The molecule has 2 atom stereocenters. The summed E-state index contributed by atoms with van der Waals surface area (Å²) in [4.78, 5) is 32.7. The van der Waals surface area contributed by atoms with Gasteiger partial charge in [-0.1, -0.05) is 43.7 Å². The molecule has 0 spiro atoms. The highest BCUT2D eigenvalue weighted by Gasteiger charge is 2.29. The molecule has 2 unspecified atom stereocenters. The predicted octanol–water partition coefficient (Wildman–Crippen LogP) is 0.895. The Kier molecular flexibility index (Phi) is 9.26. The average Bonchev–Trinajstić information content (AvgIpc) is 2.73. The molecule has 1 aromatic heterocycles. The minimum absolute atomic E-state index is 0.114. The predicted molar refractivity (Wildman–Crippen MR) is 110 cm³/mol. The molecular weight excluding hydrogens is 371 g/mol. The van der Waals surface area contributed by atoms with Gasteiger partial charge in [-0.15, -0.1) is 0 Å². The Labute approximate surface area is 170 Å². The molecule has 8 nitrogen and oxygen atoms in total. The number of benzene rings is 1. The lowest BCUT2D eigenvalue weighted by Gasteiger charge is -2.23. The van der Waals surface area contributed by atoms with Gasteiger partial charge in [-0.05, 0) is 31.2 Å². The van der Waals surface area contributed by atoms with E-state index >= 15 is 0 Å². The number of carbonyl (C=O) groups is 2. The van der Waals surface area contributed by atoms with Gasteiger partial charge in [-0.3, -0.25) is 14.6 Å². The lowest BCUT2D eigenvalue weighted by Crippen LogP contribution is -2.54. The van der Waals surface area contributed by atoms with Gasteiger partial charge >= 0.3 is 7.12 Å². The van der Waals surface area contributed by atoms with E-state index in [9.17, 15) is 19.6 Å². The molecule has 0 radical (unpaired) electrons. The molecule has 0 saturated heterocycles. The summed E-state index contributed by atoms with van der Waals surface area (Å²) in [7, 11) is -1.69. The van der Waals surface area contributed by atoms with Crippen molar-refractivity contribution in [3.8, 4) is 0 Å². The summed E-state index contributed by atoms with van der Waals surface area (Å²) in [6, 6.07) is 9.04. The van der Waals surface area contributed by atoms with E-state index in [4.69, 9.17) is 0 Å². The first kappa shape index (κ1) is 22.5. The zero-order valence-electron chi connectivity index (χ0n) is 16.5. The Bertz CT molecular complexity index is 762. The summed E-state index contributed by atoms with van der Waals surface area (Å²) < 4.78 is 0. The van der Waals surface area contributed by atoms with Gasteiger partial charge in [0, 0.05) is 12.4 Å². The van der Waals surface area contributed by atoms with Gasteiger partial charge in [0.25, 0.3) is 5.91 Å². The Morgan fingerprint density at radius 2 is 1.86 bits per heavy atom. The van der Waals surface area contributed by atoms with Gasteiger partial charge < -0.3 is 20.7 Å². The van der Waals surface area contributed by atoms with Crippen LogP contribution in [0.25, 0.3) is 0 Å². The molecule has 29 heavy (non-hydrogen) atoms. The number of hydrogen-bond acceptors (Lipinski definition) is 6. The smallest absolute Gasteiger partial charge is 0.426 e. The van der Waals surface area contributed by atoms with Gasteiger partial charge in [0.15, 0.2) is 0 Å². The van der Waals surface area contributed by atoms with Crippen molar-refractivity contribution in [1.29, 1.82) is 0 Å². The standard InChI is InChI=1S/C20H27BN4O4/c1-2-7-16(24-20(27)17-14-22-12-13-23-17)19(26)25-18(21(28)29)11-6-10-15-8-4-3-5-9-15/h3-5,8-9,12-14,16,18,28-29H,2,6-7,10-11H2,1H3,(H,24,27)(H,25,26). The van der Waals surface area contributed by atoms with Crippen molar-refractivity contribution in [1.82, 2.24) is 20.6 Å². The van der Waals surface area contributed by atoms with E-state index in [1.807, 2.05) is 37.3 Å². The maximum atomic E-state index is 12.7. The van der Waals surface area contributed by atoms with Crippen molar-refractivity contribution in [3.63, 3.8) is 0 Å². The second-order valence-electron chi connectivity index (χ2n) is 6.81. The fraction of sp³-hybridized carbons (Fsp3) is 0.400. The topological polar surface area (TPSA) is 124 Å². The van der Waals surface area contributed by atoms with Crippen molar-refractivity contribution in [3.05, 3.63) is 60.2 Å². The minimum Gasteiger partial charge on any atom is -0.426 e. The van der Waals surface area contributed by atoms with E-state index in [-0.39, 0.29) is 5.69 Å². The third-order valence-corrected chi connectivity index (χ3v) is 4.51. The van der Waals surface area contributed by atoms with E-state index in [1.54, 1.807) is 0 Å². The lowest BCUT2D eigenvalue weighted by atomic mass is 9.76. The van der Waals surface area contributed by atoms with Gasteiger partial charge in [-0.25, -0.2) is 4.98 Å². The third kappa shape index (κ3) is 7.63. The van der Waals surface area contributed by atoms with Gasteiger partial charge in [0.1, 0.15) is 11.7 Å². The fourth-order valence-corrected chi connectivity index (χ4v) is 2.96. The highest BCUT2D eigenvalue weighted by molar-refractivity contribution is 6.43. The van der Waals surface area contributed by atoms with Crippen LogP contribution in [-0.4, -0.2) is 50.9 Å². The van der Waals surface area contributed by atoms with Gasteiger partial charge in [0.05, 0.1) is 12.1 Å². The second kappa shape index (κ2) is 11.9. The SMILES string of the molecule is CCCC(NC(=O)c1cnccn1)C(=O)NC(CCCc1ccccc1)B(O)O. The largest absolute Gasteiger partial charge is 0.475 e. The normalized spacial score (nSPS) is 12.7. The van der Waals surface area contributed by atoms with E-state index in [0.717, 1.165) is 12.0 Å². The summed E-state index contributed by atoms with van der Waals surface area (Å²) in [6.07, 6.45) is 7.09. The molecule has 4 N–H and O–H groups in total. The van der Waals surface area contributed by atoms with Crippen LogP contribution in [0.5, 0.6) is 0 Å². The quantitative estimate of drug-likeness (QED) is 0.417. The van der Waals surface area contributed by atoms with Crippen LogP contribution in [0.2, 0.25) is 0 Å². The minimum atomic E-state index is -1.69. The number of carbonyl (C=O) groups excluding carboxylic acids is 2. The maximum Gasteiger partial charge on any atom is 0.475 e. The lowest BCUT2D eigenvalue weighted by molar-refractivity contribution is -0.123. The van der Waals surface area contributed by atoms with E-state index in [0.29, 0.717) is 25.7 Å². The number of amides is 2. The van der Waals surface area contributed by atoms with Crippen molar-refractivity contribution in [2.45, 2.75) is 51.0 Å². The Balaban J connectivity index is 1.92. The molecule has 2 amide bonds. The van der Waals surface area contributed by atoms with E-state index in [1.165, 1.54) is 18.6 Å². The molecule has 0 aliphatic carbocycles. The Morgan fingerprint density at radius 3 is 2.48 bits per heavy atom. The number of nitrogens with zero attached hydrogens (tertiary/aromatic N) is 2. The summed E-state index contributed by atoms with van der Waals surface area (Å²) in [5.41, 5.74) is 1.26. The first-order valence-electron chi connectivity index (χ1n) is 9.78. The molecule has 154 valence electrons. The average molecular weight is 398 g/mol. The van der Waals surface area contributed by atoms with Gasteiger partial charge in [-0.2, -0.15) is 0 Å². The molecule has 0 aliphatic heterocycles. The van der Waals surface area contributed by atoms with Crippen LogP contribution >= 0.6 is 0 Å². The molecule has 0 fully saturated rings. The number of rotatable bonds is 11. The van der Waals surface area contributed by atoms with Gasteiger partial charge in [0.2, 0.25) is 5.91 Å². The Hall–Kier alpha value is -2.78. The van der Waals surface area contributed by atoms with Crippen LogP contribution in [-0.2, 0) is 11.2 Å². The summed E-state index contributed by atoms with van der Waals surface area (Å²) >= 11 is 0. The molecule has 1 heterocycles. The van der Waals surface area contributed by atoms with E-state index < -0.39 is 30.9 Å². The number of aromatic nitrogens is 2. The number of hydrogen-bond donors (Lipinski definition) is 4. The van der Waals surface area contributed by atoms with Crippen LogP contribution in [0.3, 0.4) is 0 Å². The van der Waals surface area contributed by atoms with Crippen molar-refractivity contribution in [2.75, 3.05) is 0 Å². The summed E-state index contributed by atoms with van der Waals surface area (Å²) in [6.45, 7) is 1.90. The third-order valence-electron chi connectivity index (χ3n) is 4.51.